The number of anilines is 2. The van der Waals surface area contributed by atoms with Crippen LogP contribution < -0.4 is 21.5 Å². The minimum absolute atomic E-state index is 0.0261. The first-order chi connectivity index (χ1) is 16.6. The first kappa shape index (κ1) is 26.3. The Balaban J connectivity index is 1.78. The Morgan fingerprint density at radius 1 is 1.17 bits per heavy atom. The van der Waals surface area contributed by atoms with Gasteiger partial charge in [-0.25, -0.2) is 12.8 Å². The largest absolute Gasteiger partial charge is 0.337 e. The molecule has 1 amide bonds. The van der Waals surface area contributed by atoms with Crippen molar-refractivity contribution in [2.45, 2.75) is 37.6 Å². The second-order valence-electron chi connectivity index (χ2n) is 8.68. The predicted octanol–water partition coefficient (Wildman–Crippen LogP) is 3.21. The van der Waals surface area contributed by atoms with Gasteiger partial charge in [-0.2, -0.15) is 4.98 Å². The monoisotopic (exact) mass is 504 g/mol. The van der Waals surface area contributed by atoms with Crippen LogP contribution in [0.2, 0.25) is 0 Å². The highest BCUT2D eigenvalue weighted by molar-refractivity contribution is 7.92. The summed E-state index contributed by atoms with van der Waals surface area (Å²) in [5.74, 6) is -0.0648. The highest BCUT2D eigenvalue weighted by Gasteiger charge is 2.27. The summed E-state index contributed by atoms with van der Waals surface area (Å²) in [6.07, 6.45) is 1.29. The standard InChI is InChI=1S/C23H29FN6O4S/c1-23(2,14-24)22(31)27-16-7-4-8-17(13-16)30-35(32,33)18-9-3-6-15(12-18)20-28-21(34-29-20)19(26)10-5-11-25/h3-4,6-9,12-13,19,30H,5,10-11,14,25-26H2,1-2H3,(H,27,31)/t19-/m0/s1. The van der Waals surface area contributed by atoms with Crippen LogP contribution in [0.5, 0.6) is 0 Å². The van der Waals surface area contributed by atoms with E-state index in [1.54, 1.807) is 24.3 Å². The van der Waals surface area contributed by atoms with Gasteiger partial charge >= 0.3 is 0 Å². The van der Waals surface area contributed by atoms with Crippen LogP contribution in [0.1, 0.15) is 38.6 Å². The van der Waals surface area contributed by atoms with Crippen molar-refractivity contribution in [2.24, 2.45) is 16.9 Å². The number of alkyl halides is 1. The zero-order valence-corrected chi connectivity index (χ0v) is 20.3. The number of amides is 1. The fourth-order valence-corrected chi connectivity index (χ4v) is 4.10. The van der Waals surface area contributed by atoms with Crippen molar-refractivity contribution >= 4 is 27.3 Å². The molecular formula is C23H29FN6O4S. The molecule has 0 radical (unpaired) electrons. The van der Waals surface area contributed by atoms with Gasteiger partial charge in [0.15, 0.2) is 0 Å². The molecular weight excluding hydrogens is 475 g/mol. The van der Waals surface area contributed by atoms with Crippen LogP contribution >= 0.6 is 0 Å². The molecule has 0 unspecified atom stereocenters. The van der Waals surface area contributed by atoms with E-state index in [-0.39, 0.29) is 22.3 Å². The lowest BCUT2D eigenvalue weighted by Gasteiger charge is -2.19. The average Bonchev–Trinajstić information content (AvgIpc) is 3.33. The van der Waals surface area contributed by atoms with Crippen LogP contribution in [0, 0.1) is 5.41 Å². The first-order valence-corrected chi connectivity index (χ1v) is 12.4. The summed E-state index contributed by atoms with van der Waals surface area (Å²) >= 11 is 0. The highest BCUT2D eigenvalue weighted by atomic mass is 32.2. The second-order valence-corrected chi connectivity index (χ2v) is 10.4. The van der Waals surface area contributed by atoms with Crippen LogP contribution in [-0.2, 0) is 14.8 Å². The normalized spacial score (nSPS) is 12.8. The molecule has 1 heterocycles. The Bertz CT molecular complexity index is 1280. The lowest BCUT2D eigenvalue weighted by molar-refractivity contribution is -0.124. The van der Waals surface area contributed by atoms with Crippen molar-refractivity contribution < 1.29 is 22.1 Å². The molecule has 1 aromatic heterocycles. The Morgan fingerprint density at radius 2 is 1.89 bits per heavy atom. The van der Waals surface area contributed by atoms with Gasteiger partial charge in [-0.05, 0) is 63.6 Å². The smallest absolute Gasteiger partial charge is 0.261 e. The molecule has 0 saturated carbocycles. The summed E-state index contributed by atoms with van der Waals surface area (Å²) in [5.41, 5.74) is 11.3. The summed E-state index contributed by atoms with van der Waals surface area (Å²) < 4.78 is 46.8. The molecule has 6 N–H and O–H groups in total. The Labute approximate surface area is 203 Å². The zero-order chi connectivity index (χ0) is 25.6. The molecule has 10 nitrogen and oxygen atoms in total. The number of sulfonamides is 1. The van der Waals surface area contributed by atoms with Gasteiger partial charge in [0.25, 0.3) is 10.0 Å². The molecule has 0 aliphatic carbocycles. The first-order valence-electron chi connectivity index (χ1n) is 11.0. The topological polar surface area (TPSA) is 166 Å². The van der Waals surface area contributed by atoms with Gasteiger partial charge in [0, 0.05) is 11.3 Å². The van der Waals surface area contributed by atoms with E-state index in [4.69, 9.17) is 16.0 Å². The minimum atomic E-state index is -3.99. The Kier molecular flexibility index (Phi) is 8.20. The SMILES string of the molecule is CC(C)(CF)C(=O)Nc1cccc(NS(=O)(=O)c2cccc(-c3noc([C@@H](N)CCCN)n3)c2)c1. The van der Waals surface area contributed by atoms with E-state index in [1.165, 1.54) is 38.1 Å². The lowest BCUT2D eigenvalue weighted by Crippen LogP contribution is -2.32. The summed E-state index contributed by atoms with van der Waals surface area (Å²) in [5, 5.41) is 6.51. The molecule has 0 aliphatic rings. The molecule has 3 rings (SSSR count). The van der Waals surface area contributed by atoms with Crippen molar-refractivity contribution in [3.05, 3.63) is 54.4 Å². The minimum Gasteiger partial charge on any atom is -0.337 e. The Hall–Kier alpha value is -3.35. The summed E-state index contributed by atoms with van der Waals surface area (Å²) in [6, 6.07) is 11.7. The van der Waals surface area contributed by atoms with Gasteiger partial charge in [-0.3, -0.25) is 9.52 Å². The molecule has 0 saturated heterocycles. The van der Waals surface area contributed by atoms with E-state index in [1.807, 2.05) is 0 Å². The maximum Gasteiger partial charge on any atom is 0.261 e. The molecule has 0 aliphatic heterocycles. The van der Waals surface area contributed by atoms with E-state index in [9.17, 15) is 17.6 Å². The zero-order valence-electron chi connectivity index (χ0n) is 19.5. The number of hydrogen-bond donors (Lipinski definition) is 4. The van der Waals surface area contributed by atoms with Gasteiger partial charge in [-0.1, -0.05) is 23.4 Å². The van der Waals surface area contributed by atoms with E-state index in [0.29, 0.717) is 30.6 Å². The number of nitrogens with zero attached hydrogens (tertiary/aromatic N) is 2. The molecule has 188 valence electrons. The highest BCUT2D eigenvalue weighted by Crippen LogP contribution is 2.25. The third-order valence-electron chi connectivity index (χ3n) is 5.20. The maximum absolute atomic E-state index is 13.1. The molecule has 0 spiro atoms. The van der Waals surface area contributed by atoms with Gasteiger partial charge in [0.05, 0.1) is 22.0 Å². The maximum atomic E-state index is 13.1. The van der Waals surface area contributed by atoms with Crippen molar-refractivity contribution in [3.8, 4) is 11.4 Å². The predicted molar refractivity (Wildman–Crippen MR) is 131 cm³/mol. The number of rotatable bonds is 11. The molecule has 0 bridgehead atoms. The van der Waals surface area contributed by atoms with Crippen LogP contribution in [0.25, 0.3) is 11.4 Å². The fourth-order valence-electron chi connectivity index (χ4n) is 3.00. The van der Waals surface area contributed by atoms with Crippen LogP contribution in [0.3, 0.4) is 0 Å². The van der Waals surface area contributed by atoms with E-state index in [2.05, 4.69) is 20.2 Å². The van der Waals surface area contributed by atoms with E-state index >= 15 is 0 Å². The third kappa shape index (κ3) is 6.62. The van der Waals surface area contributed by atoms with Gasteiger partial charge in [0.1, 0.15) is 6.67 Å². The summed E-state index contributed by atoms with van der Waals surface area (Å²) in [4.78, 5) is 16.5. The second kappa shape index (κ2) is 10.9. The van der Waals surface area contributed by atoms with Crippen LogP contribution in [0.4, 0.5) is 15.8 Å². The Morgan fingerprint density at radius 3 is 2.60 bits per heavy atom. The molecule has 1 atom stereocenters. The lowest BCUT2D eigenvalue weighted by atomic mass is 9.94. The van der Waals surface area contributed by atoms with Gasteiger partial charge < -0.3 is 21.3 Å². The molecule has 35 heavy (non-hydrogen) atoms. The third-order valence-corrected chi connectivity index (χ3v) is 6.58. The summed E-state index contributed by atoms with van der Waals surface area (Å²) in [6.45, 7) is 2.61. The van der Waals surface area contributed by atoms with Gasteiger partial charge in [0.2, 0.25) is 17.6 Å². The van der Waals surface area contributed by atoms with Gasteiger partial charge in [-0.15, -0.1) is 0 Å². The van der Waals surface area contributed by atoms with Crippen molar-refractivity contribution in [2.75, 3.05) is 23.3 Å². The van der Waals surface area contributed by atoms with E-state index < -0.39 is 34.1 Å². The number of hydrogen-bond acceptors (Lipinski definition) is 8. The fraction of sp³-hybridized carbons (Fsp3) is 0.348. The van der Waals surface area contributed by atoms with Crippen molar-refractivity contribution in [3.63, 3.8) is 0 Å². The number of carbonyl (C=O) groups is 1. The molecule has 3 aromatic rings. The van der Waals surface area contributed by atoms with Crippen molar-refractivity contribution in [1.29, 1.82) is 0 Å². The number of benzene rings is 2. The number of nitrogens with one attached hydrogen (secondary N) is 2. The molecule has 0 fully saturated rings. The summed E-state index contributed by atoms with van der Waals surface area (Å²) in [7, 11) is -3.99. The number of carbonyl (C=O) groups excluding carboxylic acids is 1. The molecule has 12 heteroatoms. The van der Waals surface area contributed by atoms with Crippen LogP contribution in [-0.4, -0.2) is 37.7 Å². The average molecular weight is 505 g/mol. The number of halogens is 1. The number of nitrogens with two attached hydrogens (primary N) is 2. The van der Waals surface area contributed by atoms with E-state index in [0.717, 1.165) is 0 Å². The molecule has 2 aromatic carbocycles. The van der Waals surface area contributed by atoms with Crippen LogP contribution in [0.15, 0.2) is 57.9 Å². The van der Waals surface area contributed by atoms with Crippen molar-refractivity contribution in [1.82, 2.24) is 10.1 Å². The quantitative estimate of drug-likeness (QED) is 0.309. The number of aromatic nitrogens is 2.